The molecule has 0 unspecified atom stereocenters. The van der Waals surface area contributed by atoms with Crippen molar-refractivity contribution in [2.45, 2.75) is 19.8 Å². The minimum atomic E-state index is -0.528. The first-order chi connectivity index (χ1) is 12.0. The van der Waals surface area contributed by atoms with E-state index in [1.54, 1.807) is 4.90 Å². The van der Waals surface area contributed by atoms with Crippen molar-refractivity contribution >= 4 is 17.3 Å². The van der Waals surface area contributed by atoms with Crippen LogP contribution in [0.3, 0.4) is 0 Å². The summed E-state index contributed by atoms with van der Waals surface area (Å²) in [6, 6.07) is 5.95. The number of nitro groups is 1. The summed E-state index contributed by atoms with van der Waals surface area (Å²) < 4.78 is 5.14. The van der Waals surface area contributed by atoms with Crippen molar-refractivity contribution in [3.05, 3.63) is 40.1 Å². The molecule has 1 aromatic carbocycles. The molecule has 0 aromatic heterocycles. The van der Waals surface area contributed by atoms with E-state index in [2.05, 4.69) is 12.2 Å². The van der Waals surface area contributed by atoms with Crippen LogP contribution >= 0.6 is 0 Å². The van der Waals surface area contributed by atoms with Crippen LogP contribution in [0.4, 0.5) is 11.4 Å². The minimum Gasteiger partial charge on any atom is -0.495 e. The van der Waals surface area contributed by atoms with Crippen LogP contribution in [-0.4, -0.2) is 35.9 Å². The molecule has 1 amide bonds. The highest BCUT2D eigenvalue weighted by molar-refractivity contribution is 5.97. The summed E-state index contributed by atoms with van der Waals surface area (Å²) in [5.74, 6) is 0.607. The standard InChI is InChI=1S/C17H20N4O4/c1-12-5-7-20(8-6-12)17(22)13(10-18)11-19-15-9-14(21(23)24)3-4-16(15)25-2/h3-4,9,11-12,19H,5-8H2,1-2H3/b13-11-. The number of likely N-dealkylation sites (tertiary alicyclic amines) is 1. The lowest BCUT2D eigenvalue weighted by molar-refractivity contribution is -0.384. The molecule has 8 nitrogen and oxygen atoms in total. The van der Waals surface area contributed by atoms with Crippen molar-refractivity contribution in [1.82, 2.24) is 4.90 Å². The van der Waals surface area contributed by atoms with E-state index in [0.29, 0.717) is 30.4 Å². The molecule has 0 bridgehead atoms. The number of nitrogens with one attached hydrogen (secondary N) is 1. The zero-order valence-electron chi connectivity index (χ0n) is 14.2. The minimum absolute atomic E-state index is 0.0527. The summed E-state index contributed by atoms with van der Waals surface area (Å²) in [5, 5.41) is 23.0. The van der Waals surface area contributed by atoms with E-state index in [9.17, 15) is 20.2 Å². The number of carbonyl (C=O) groups excluding carboxylic acids is 1. The van der Waals surface area contributed by atoms with E-state index in [1.807, 2.05) is 6.07 Å². The molecule has 2 rings (SSSR count). The van der Waals surface area contributed by atoms with Gasteiger partial charge < -0.3 is 15.0 Å². The number of carbonyl (C=O) groups is 1. The molecule has 132 valence electrons. The van der Waals surface area contributed by atoms with Crippen LogP contribution in [0.5, 0.6) is 5.75 Å². The molecule has 1 N–H and O–H groups in total. The fourth-order valence-corrected chi connectivity index (χ4v) is 2.60. The topological polar surface area (TPSA) is 108 Å². The van der Waals surface area contributed by atoms with E-state index in [0.717, 1.165) is 12.8 Å². The summed E-state index contributed by atoms with van der Waals surface area (Å²) in [7, 11) is 1.43. The normalized spacial score (nSPS) is 15.4. The monoisotopic (exact) mass is 344 g/mol. The smallest absolute Gasteiger partial charge is 0.271 e. The van der Waals surface area contributed by atoms with Crippen molar-refractivity contribution in [2.75, 3.05) is 25.5 Å². The number of ether oxygens (including phenoxy) is 1. The van der Waals surface area contributed by atoms with Gasteiger partial charge in [0.05, 0.1) is 17.7 Å². The number of anilines is 1. The average Bonchev–Trinajstić information content (AvgIpc) is 2.62. The highest BCUT2D eigenvalue weighted by Crippen LogP contribution is 2.29. The Morgan fingerprint density at radius 2 is 2.16 bits per heavy atom. The zero-order valence-corrected chi connectivity index (χ0v) is 14.2. The highest BCUT2D eigenvalue weighted by atomic mass is 16.6. The van der Waals surface area contributed by atoms with Gasteiger partial charge in [-0.2, -0.15) is 5.26 Å². The molecule has 0 saturated carbocycles. The van der Waals surface area contributed by atoms with Crippen LogP contribution in [0.25, 0.3) is 0 Å². The fraction of sp³-hybridized carbons (Fsp3) is 0.412. The Hall–Kier alpha value is -3.08. The number of nitro benzene ring substituents is 1. The Bertz CT molecular complexity index is 731. The summed E-state index contributed by atoms with van der Waals surface area (Å²) in [4.78, 5) is 24.5. The molecular weight excluding hydrogens is 324 g/mol. The van der Waals surface area contributed by atoms with Gasteiger partial charge in [0.25, 0.3) is 11.6 Å². The molecule has 1 heterocycles. The second-order valence-corrected chi connectivity index (χ2v) is 5.93. The number of non-ortho nitro benzene ring substituents is 1. The largest absolute Gasteiger partial charge is 0.495 e. The Labute approximate surface area is 145 Å². The summed E-state index contributed by atoms with van der Waals surface area (Å²) >= 11 is 0. The van der Waals surface area contributed by atoms with Gasteiger partial charge in [-0.25, -0.2) is 0 Å². The van der Waals surface area contributed by atoms with Gasteiger partial charge >= 0.3 is 0 Å². The third-order valence-corrected chi connectivity index (χ3v) is 4.19. The number of hydrogen-bond donors (Lipinski definition) is 1. The second kappa shape index (κ2) is 8.15. The maximum absolute atomic E-state index is 12.4. The van der Waals surface area contributed by atoms with Gasteiger partial charge in [0.1, 0.15) is 17.4 Å². The zero-order chi connectivity index (χ0) is 18.4. The molecule has 1 aromatic rings. The van der Waals surface area contributed by atoms with Crippen molar-refractivity contribution in [2.24, 2.45) is 5.92 Å². The maximum atomic E-state index is 12.4. The van der Waals surface area contributed by atoms with Crippen LogP contribution in [0.2, 0.25) is 0 Å². The van der Waals surface area contributed by atoms with Gasteiger partial charge in [-0.05, 0) is 24.8 Å². The lowest BCUT2D eigenvalue weighted by Gasteiger charge is -2.30. The average molecular weight is 344 g/mol. The molecule has 0 atom stereocenters. The number of piperidine rings is 1. The highest BCUT2D eigenvalue weighted by Gasteiger charge is 2.23. The third-order valence-electron chi connectivity index (χ3n) is 4.19. The molecule has 1 aliphatic rings. The quantitative estimate of drug-likeness (QED) is 0.381. The van der Waals surface area contributed by atoms with Crippen molar-refractivity contribution in [1.29, 1.82) is 5.26 Å². The summed E-state index contributed by atoms with van der Waals surface area (Å²) in [5.41, 5.74) is 0.138. The lowest BCUT2D eigenvalue weighted by Crippen LogP contribution is -2.38. The first-order valence-corrected chi connectivity index (χ1v) is 7.94. The number of hydrogen-bond acceptors (Lipinski definition) is 6. The molecule has 25 heavy (non-hydrogen) atoms. The Balaban J connectivity index is 2.18. The van der Waals surface area contributed by atoms with E-state index >= 15 is 0 Å². The first kappa shape index (κ1) is 18.3. The maximum Gasteiger partial charge on any atom is 0.271 e. The van der Waals surface area contributed by atoms with Crippen LogP contribution in [0.15, 0.2) is 30.0 Å². The van der Waals surface area contributed by atoms with Crippen LogP contribution in [-0.2, 0) is 4.79 Å². The predicted molar refractivity (Wildman–Crippen MR) is 91.9 cm³/mol. The SMILES string of the molecule is COc1ccc([N+](=O)[O-])cc1N/C=C(/C#N)C(=O)N1CCC(C)CC1. The number of methoxy groups -OCH3 is 1. The van der Waals surface area contributed by atoms with Gasteiger partial charge in [0.15, 0.2) is 0 Å². The molecular formula is C17H20N4O4. The number of benzene rings is 1. The molecule has 8 heteroatoms. The van der Waals surface area contributed by atoms with E-state index < -0.39 is 4.92 Å². The molecule has 1 fully saturated rings. The Kier molecular flexibility index (Phi) is 5.95. The van der Waals surface area contributed by atoms with Gasteiger partial charge in [0, 0.05) is 31.4 Å². The van der Waals surface area contributed by atoms with Crippen LogP contribution < -0.4 is 10.1 Å². The van der Waals surface area contributed by atoms with Gasteiger partial charge in [-0.3, -0.25) is 14.9 Å². The van der Waals surface area contributed by atoms with Gasteiger partial charge in [0.2, 0.25) is 0 Å². The molecule has 1 aliphatic heterocycles. The summed E-state index contributed by atoms with van der Waals surface area (Å²) in [6.45, 7) is 3.39. The van der Waals surface area contributed by atoms with Crippen LogP contribution in [0, 0.1) is 27.4 Å². The number of rotatable bonds is 5. The Morgan fingerprint density at radius 1 is 1.48 bits per heavy atom. The van der Waals surface area contributed by atoms with Gasteiger partial charge in [-0.15, -0.1) is 0 Å². The molecule has 0 spiro atoms. The number of amides is 1. The van der Waals surface area contributed by atoms with E-state index in [-0.39, 0.29) is 17.2 Å². The van der Waals surface area contributed by atoms with Crippen molar-refractivity contribution in [3.63, 3.8) is 0 Å². The predicted octanol–water partition coefficient (Wildman–Crippen LogP) is 2.68. The molecule has 0 radical (unpaired) electrons. The first-order valence-electron chi connectivity index (χ1n) is 7.94. The number of nitrogens with zero attached hydrogens (tertiary/aromatic N) is 3. The summed E-state index contributed by atoms with van der Waals surface area (Å²) in [6.07, 6.45) is 3.09. The molecule has 0 aliphatic carbocycles. The lowest BCUT2D eigenvalue weighted by atomic mass is 9.99. The van der Waals surface area contributed by atoms with Crippen molar-refractivity contribution in [3.8, 4) is 11.8 Å². The van der Waals surface area contributed by atoms with Crippen molar-refractivity contribution < 1.29 is 14.5 Å². The number of nitriles is 1. The fourth-order valence-electron chi connectivity index (χ4n) is 2.60. The second-order valence-electron chi connectivity index (χ2n) is 5.93. The third kappa shape index (κ3) is 4.47. The van der Waals surface area contributed by atoms with Crippen LogP contribution in [0.1, 0.15) is 19.8 Å². The van der Waals surface area contributed by atoms with Gasteiger partial charge in [-0.1, -0.05) is 6.92 Å². The molecule has 1 saturated heterocycles. The van der Waals surface area contributed by atoms with E-state index in [1.165, 1.54) is 31.5 Å². The van der Waals surface area contributed by atoms with E-state index in [4.69, 9.17) is 4.74 Å². The Morgan fingerprint density at radius 3 is 2.72 bits per heavy atom.